The summed E-state index contributed by atoms with van der Waals surface area (Å²) >= 11 is 0. The highest BCUT2D eigenvalue weighted by molar-refractivity contribution is 5.80. The van der Waals surface area contributed by atoms with Crippen LogP contribution in [0.1, 0.15) is 24.5 Å². The van der Waals surface area contributed by atoms with Crippen LogP contribution in [0, 0.1) is 6.92 Å². The third kappa shape index (κ3) is 5.22. The number of hydrogen-bond donors (Lipinski definition) is 0. The number of hydrogen-bond acceptors (Lipinski definition) is 1. The molecule has 0 aliphatic heterocycles. The van der Waals surface area contributed by atoms with Crippen molar-refractivity contribution in [3.05, 3.63) is 163 Å². The lowest BCUT2D eigenvalue weighted by atomic mass is 9.77. The Morgan fingerprint density at radius 3 is 1.64 bits per heavy atom. The highest BCUT2D eigenvalue weighted by Crippen LogP contribution is 2.39. The average Bonchev–Trinajstić information content (AvgIpc) is 2.99. The van der Waals surface area contributed by atoms with Gasteiger partial charge in [0.15, 0.2) is 0 Å². The summed E-state index contributed by atoms with van der Waals surface area (Å²) < 4.78 is 0. The van der Waals surface area contributed by atoms with E-state index in [1.54, 1.807) is 0 Å². The first kappa shape index (κ1) is 24.7. The lowest BCUT2D eigenvalue weighted by Crippen LogP contribution is -2.19. The molecule has 1 atom stereocenters. The molecular formula is C38H33N. The second kappa shape index (κ2) is 10.6. The molecule has 1 aliphatic rings. The molecule has 1 heteroatoms. The first-order valence-corrected chi connectivity index (χ1v) is 13.7. The fourth-order valence-corrected chi connectivity index (χ4v) is 5.44. The molecule has 0 radical (unpaired) electrons. The van der Waals surface area contributed by atoms with Crippen molar-refractivity contribution in [2.75, 3.05) is 4.90 Å². The average molecular weight is 504 g/mol. The molecule has 0 saturated heterocycles. The van der Waals surface area contributed by atoms with Crippen molar-refractivity contribution >= 4 is 17.1 Å². The van der Waals surface area contributed by atoms with Crippen LogP contribution in [-0.4, -0.2) is 0 Å². The van der Waals surface area contributed by atoms with Crippen LogP contribution in [0.2, 0.25) is 0 Å². The predicted octanol–water partition coefficient (Wildman–Crippen LogP) is 10.6. The van der Waals surface area contributed by atoms with Gasteiger partial charge in [0.1, 0.15) is 0 Å². The summed E-state index contributed by atoms with van der Waals surface area (Å²) in [5.74, 6) is 0. The van der Waals surface area contributed by atoms with E-state index in [1.807, 2.05) is 0 Å². The molecule has 0 amide bonds. The molecular weight excluding hydrogens is 470 g/mol. The molecule has 1 unspecified atom stereocenters. The molecule has 6 rings (SSSR count). The van der Waals surface area contributed by atoms with Gasteiger partial charge in [0.05, 0.1) is 0 Å². The van der Waals surface area contributed by atoms with E-state index in [0.717, 1.165) is 23.5 Å². The fraction of sp³-hybridized carbons (Fsp3) is 0.105. The third-order valence-electron chi connectivity index (χ3n) is 7.75. The lowest BCUT2D eigenvalue weighted by molar-refractivity contribution is 0.600. The first-order valence-electron chi connectivity index (χ1n) is 13.7. The maximum Gasteiger partial charge on any atom is 0.0462 e. The minimum Gasteiger partial charge on any atom is -0.311 e. The van der Waals surface area contributed by atoms with E-state index in [9.17, 15) is 0 Å². The first-order chi connectivity index (χ1) is 19.1. The zero-order valence-corrected chi connectivity index (χ0v) is 22.6. The van der Waals surface area contributed by atoms with E-state index in [-0.39, 0.29) is 5.41 Å². The Morgan fingerprint density at radius 2 is 1.08 bits per heavy atom. The summed E-state index contributed by atoms with van der Waals surface area (Å²) in [5, 5.41) is 0. The van der Waals surface area contributed by atoms with E-state index in [4.69, 9.17) is 0 Å². The van der Waals surface area contributed by atoms with Gasteiger partial charge in [-0.05, 0) is 77.6 Å². The number of rotatable bonds is 6. The molecule has 190 valence electrons. The van der Waals surface area contributed by atoms with Gasteiger partial charge in [-0.3, -0.25) is 0 Å². The SMILES string of the molecule is Cc1cccc(-c2ccc(N(c3ccc(-c4ccccc4)cc3)c3ccc(C4(C)C=CC=CC4)cc3)cc2)c1. The number of aryl methyl sites for hydroxylation is 1. The van der Waals surface area contributed by atoms with Crippen molar-refractivity contribution < 1.29 is 0 Å². The van der Waals surface area contributed by atoms with Crippen LogP contribution in [0.15, 0.2) is 152 Å². The number of allylic oxidation sites excluding steroid dienone is 4. The molecule has 5 aromatic carbocycles. The summed E-state index contributed by atoms with van der Waals surface area (Å²) in [4.78, 5) is 2.34. The second-order valence-corrected chi connectivity index (χ2v) is 10.6. The molecule has 39 heavy (non-hydrogen) atoms. The van der Waals surface area contributed by atoms with Crippen LogP contribution in [0.25, 0.3) is 22.3 Å². The maximum atomic E-state index is 2.34. The minimum atomic E-state index is 0.0326. The van der Waals surface area contributed by atoms with Crippen molar-refractivity contribution in [2.45, 2.75) is 25.7 Å². The predicted molar refractivity (Wildman–Crippen MR) is 167 cm³/mol. The zero-order chi connectivity index (χ0) is 26.7. The Bertz CT molecular complexity index is 1610. The van der Waals surface area contributed by atoms with Crippen molar-refractivity contribution in [1.29, 1.82) is 0 Å². The molecule has 0 aromatic heterocycles. The molecule has 0 heterocycles. The lowest BCUT2D eigenvalue weighted by Gasteiger charge is -2.29. The van der Waals surface area contributed by atoms with E-state index in [2.05, 4.69) is 170 Å². The Balaban J connectivity index is 1.38. The van der Waals surface area contributed by atoms with Gasteiger partial charge in [0.2, 0.25) is 0 Å². The quantitative estimate of drug-likeness (QED) is 0.223. The van der Waals surface area contributed by atoms with Crippen LogP contribution in [-0.2, 0) is 5.41 Å². The summed E-state index contributed by atoms with van der Waals surface area (Å²) in [6.45, 7) is 4.45. The van der Waals surface area contributed by atoms with Crippen molar-refractivity contribution in [1.82, 2.24) is 0 Å². The van der Waals surface area contributed by atoms with Gasteiger partial charge in [0, 0.05) is 22.5 Å². The van der Waals surface area contributed by atoms with Crippen molar-refractivity contribution in [3.8, 4) is 22.3 Å². The highest BCUT2D eigenvalue weighted by Gasteiger charge is 2.24. The Kier molecular flexibility index (Phi) is 6.73. The summed E-state index contributed by atoms with van der Waals surface area (Å²) in [5.41, 5.74) is 11.0. The van der Waals surface area contributed by atoms with E-state index in [1.165, 1.54) is 33.4 Å². The van der Waals surface area contributed by atoms with Gasteiger partial charge in [-0.15, -0.1) is 0 Å². The zero-order valence-electron chi connectivity index (χ0n) is 22.6. The highest BCUT2D eigenvalue weighted by atomic mass is 15.1. The van der Waals surface area contributed by atoms with Gasteiger partial charge >= 0.3 is 0 Å². The topological polar surface area (TPSA) is 3.24 Å². The van der Waals surface area contributed by atoms with Gasteiger partial charge < -0.3 is 4.90 Å². The second-order valence-electron chi connectivity index (χ2n) is 10.6. The van der Waals surface area contributed by atoms with Gasteiger partial charge in [-0.25, -0.2) is 0 Å². The van der Waals surface area contributed by atoms with Crippen LogP contribution in [0.3, 0.4) is 0 Å². The maximum absolute atomic E-state index is 2.34. The van der Waals surface area contributed by atoms with Crippen LogP contribution in [0.4, 0.5) is 17.1 Å². The summed E-state index contributed by atoms with van der Waals surface area (Å²) in [6, 6.07) is 46.1. The fourth-order valence-electron chi connectivity index (χ4n) is 5.44. The van der Waals surface area contributed by atoms with E-state index >= 15 is 0 Å². The van der Waals surface area contributed by atoms with Crippen LogP contribution >= 0.6 is 0 Å². The third-order valence-corrected chi connectivity index (χ3v) is 7.75. The molecule has 0 fully saturated rings. The van der Waals surface area contributed by atoms with Crippen LogP contribution < -0.4 is 4.90 Å². The summed E-state index contributed by atoms with van der Waals surface area (Å²) in [7, 11) is 0. The van der Waals surface area contributed by atoms with Gasteiger partial charge in [-0.1, -0.05) is 128 Å². The molecule has 1 aliphatic carbocycles. The standard InChI is InChI=1S/C38H33N/c1-29-10-9-13-33(28-29)32-16-22-36(23-17-32)39(35-20-14-31(15-21-35)30-11-5-3-6-12-30)37-24-18-34(19-25-37)38(2)26-7-4-8-27-38/h3-26,28H,27H2,1-2H3. The van der Waals surface area contributed by atoms with Crippen molar-refractivity contribution in [2.24, 2.45) is 0 Å². The normalized spacial score (nSPS) is 16.3. The number of nitrogens with zero attached hydrogens (tertiary/aromatic N) is 1. The molecule has 5 aromatic rings. The summed E-state index contributed by atoms with van der Waals surface area (Å²) in [6.07, 6.45) is 9.88. The minimum absolute atomic E-state index is 0.0326. The largest absolute Gasteiger partial charge is 0.311 e. The molecule has 0 N–H and O–H groups in total. The molecule has 0 saturated carbocycles. The smallest absolute Gasteiger partial charge is 0.0462 e. The van der Waals surface area contributed by atoms with Crippen molar-refractivity contribution in [3.63, 3.8) is 0 Å². The Morgan fingerprint density at radius 1 is 0.538 bits per heavy atom. The number of anilines is 3. The van der Waals surface area contributed by atoms with E-state index in [0.29, 0.717) is 0 Å². The molecule has 1 nitrogen and oxygen atoms in total. The number of benzene rings is 5. The molecule has 0 bridgehead atoms. The Labute approximate surface area is 232 Å². The molecule has 0 spiro atoms. The van der Waals surface area contributed by atoms with Gasteiger partial charge in [0.25, 0.3) is 0 Å². The monoisotopic (exact) mass is 503 g/mol. The Hall–Kier alpha value is -4.62. The van der Waals surface area contributed by atoms with Crippen LogP contribution in [0.5, 0.6) is 0 Å². The van der Waals surface area contributed by atoms with E-state index < -0.39 is 0 Å². The van der Waals surface area contributed by atoms with Gasteiger partial charge in [-0.2, -0.15) is 0 Å².